The van der Waals surface area contributed by atoms with Crippen molar-refractivity contribution in [2.45, 2.75) is 24.1 Å². The van der Waals surface area contributed by atoms with Crippen molar-refractivity contribution in [2.75, 3.05) is 27.0 Å². The van der Waals surface area contributed by atoms with E-state index >= 15 is 0 Å². The van der Waals surface area contributed by atoms with Crippen molar-refractivity contribution in [3.8, 4) is 0 Å². The Kier molecular flexibility index (Phi) is 9.69. The summed E-state index contributed by atoms with van der Waals surface area (Å²) in [4.78, 5) is 38.9. The van der Waals surface area contributed by atoms with Crippen molar-refractivity contribution in [3.05, 3.63) is 108 Å². The molecule has 0 aromatic heterocycles. The molecule has 0 radical (unpaired) electrons. The summed E-state index contributed by atoms with van der Waals surface area (Å²) in [6.07, 6.45) is -5.40. The van der Waals surface area contributed by atoms with E-state index < -0.39 is 62.4 Å². The zero-order chi connectivity index (χ0) is 29.5. The molecule has 0 spiro atoms. The molecule has 3 aromatic rings. The van der Waals surface area contributed by atoms with Gasteiger partial charge in [0.1, 0.15) is 18.9 Å². The maximum absolute atomic E-state index is 13.1. The fourth-order valence-electron chi connectivity index (χ4n) is 4.22. The van der Waals surface area contributed by atoms with Crippen LogP contribution in [0.3, 0.4) is 0 Å². The van der Waals surface area contributed by atoms with Crippen molar-refractivity contribution in [1.29, 1.82) is 0 Å². The van der Waals surface area contributed by atoms with Crippen LogP contribution in [0.2, 0.25) is 0 Å². The lowest BCUT2D eigenvalue weighted by Gasteiger charge is -2.31. The lowest BCUT2D eigenvalue weighted by atomic mass is 10.1. The Hall–Kier alpha value is -3.86. The minimum Gasteiger partial charge on any atom is -0.459 e. The third kappa shape index (κ3) is 7.27. The molecular weight excluding hydrogens is 555 g/mol. The van der Waals surface area contributed by atoms with E-state index in [2.05, 4.69) is 0 Å². The van der Waals surface area contributed by atoms with Gasteiger partial charge >= 0.3 is 25.5 Å². The molecular formula is C29H29O11P. The number of benzene rings is 3. The lowest BCUT2D eigenvalue weighted by molar-refractivity contribution is -0.216. The third-order valence-corrected chi connectivity index (χ3v) is 8.28. The number of carbonyl (C=O) groups is 3. The maximum Gasteiger partial charge on any atom is 0.338 e. The molecule has 11 nitrogen and oxygen atoms in total. The normalized spacial score (nSPS) is 22.1. The van der Waals surface area contributed by atoms with Gasteiger partial charge in [-0.05, 0) is 36.4 Å². The van der Waals surface area contributed by atoms with E-state index in [1.165, 1.54) is 24.3 Å². The summed E-state index contributed by atoms with van der Waals surface area (Å²) in [5.41, 5.74) is 0.535. The minimum absolute atomic E-state index is 0.128. The van der Waals surface area contributed by atoms with Crippen molar-refractivity contribution in [1.82, 2.24) is 0 Å². The van der Waals surface area contributed by atoms with Crippen molar-refractivity contribution in [2.24, 2.45) is 0 Å². The number of esters is 3. The summed E-state index contributed by atoms with van der Waals surface area (Å²) in [7, 11) is -1.77. The van der Waals surface area contributed by atoms with Crippen molar-refractivity contribution in [3.63, 3.8) is 0 Å². The lowest BCUT2D eigenvalue weighted by Crippen LogP contribution is -2.50. The summed E-state index contributed by atoms with van der Waals surface area (Å²) in [6, 6.07) is 23.9. The highest BCUT2D eigenvalue weighted by molar-refractivity contribution is 7.53. The predicted octanol–water partition coefficient (Wildman–Crippen LogP) is 3.87. The van der Waals surface area contributed by atoms with Crippen LogP contribution in [0.4, 0.5) is 0 Å². The van der Waals surface area contributed by atoms with Gasteiger partial charge in [0.2, 0.25) is 5.79 Å². The Morgan fingerprint density at radius 2 is 1.20 bits per heavy atom. The molecule has 1 saturated heterocycles. The Balaban J connectivity index is 1.69. The molecule has 41 heavy (non-hydrogen) atoms. The predicted molar refractivity (Wildman–Crippen MR) is 144 cm³/mol. The Bertz CT molecular complexity index is 1380. The quantitative estimate of drug-likeness (QED) is 0.199. The summed E-state index contributed by atoms with van der Waals surface area (Å²) in [6.45, 7) is -0.521. The molecule has 216 valence electrons. The first-order chi connectivity index (χ1) is 19.7. The number of ether oxygens (including phenoxy) is 4. The first-order valence-electron chi connectivity index (χ1n) is 12.5. The maximum atomic E-state index is 13.1. The fraction of sp³-hybridized carbons (Fsp3) is 0.276. The highest BCUT2D eigenvalue weighted by Gasteiger charge is 2.61. The zero-order valence-corrected chi connectivity index (χ0v) is 23.2. The summed E-state index contributed by atoms with van der Waals surface area (Å²) >= 11 is 0. The number of hydrogen-bond donors (Lipinski definition) is 1. The molecule has 0 aliphatic carbocycles. The van der Waals surface area contributed by atoms with Crippen LogP contribution in [0, 0.1) is 0 Å². The van der Waals surface area contributed by atoms with Gasteiger partial charge in [0, 0.05) is 14.2 Å². The van der Waals surface area contributed by atoms with Gasteiger partial charge in [0.05, 0.1) is 16.7 Å². The molecule has 4 rings (SSSR count). The molecule has 0 saturated carbocycles. The van der Waals surface area contributed by atoms with E-state index in [1.54, 1.807) is 66.7 Å². The van der Waals surface area contributed by atoms with Crippen LogP contribution in [-0.4, -0.2) is 74.1 Å². The van der Waals surface area contributed by atoms with Crippen LogP contribution >= 0.6 is 7.60 Å². The van der Waals surface area contributed by atoms with Crippen LogP contribution in [0.1, 0.15) is 31.1 Å². The van der Waals surface area contributed by atoms with E-state index in [-0.39, 0.29) is 16.7 Å². The monoisotopic (exact) mass is 584 g/mol. The average molecular weight is 585 g/mol. The molecule has 0 amide bonds. The second-order valence-corrected chi connectivity index (χ2v) is 11.3. The number of hydrogen-bond acceptors (Lipinski definition) is 11. The molecule has 1 fully saturated rings. The van der Waals surface area contributed by atoms with E-state index in [9.17, 15) is 24.1 Å². The van der Waals surface area contributed by atoms with Crippen LogP contribution in [0.5, 0.6) is 0 Å². The summed E-state index contributed by atoms with van der Waals surface area (Å²) in [5, 5.41) is 11.7. The average Bonchev–Trinajstić information content (AvgIpc) is 3.26. The molecule has 1 aliphatic rings. The van der Waals surface area contributed by atoms with E-state index in [1.807, 2.05) is 0 Å². The molecule has 4 atom stereocenters. The second kappa shape index (κ2) is 13.2. The largest absolute Gasteiger partial charge is 0.459 e. The molecule has 3 aromatic carbocycles. The Labute approximate surface area is 236 Å². The van der Waals surface area contributed by atoms with E-state index in [0.717, 1.165) is 14.2 Å². The van der Waals surface area contributed by atoms with Crippen molar-refractivity contribution >= 4 is 25.5 Å². The molecule has 0 bridgehead atoms. The standard InChI is InChI=1S/C29H29O11P/c1-35-41(34,36-2)19-29(33)25(39-28(32)22-16-10-5-11-17-22)24(38-27(31)21-14-8-4-9-15-21)23(40-29)18-37-26(30)20-12-6-3-7-13-20/h3-17,23-25,33H,18-19H2,1-2H3/t23-,24+,25?,29-/m1/s1. The van der Waals surface area contributed by atoms with Gasteiger partial charge in [-0.3, -0.25) is 4.57 Å². The molecule has 1 N–H and O–H groups in total. The molecule has 1 aliphatic heterocycles. The van der Waals surface area contributed by atoms with Gasteiger partial charge < -0.3 is 33.1 Å². The molecule has 1 heterocycles. The molecule has 12 heteroatoms. The van der Waals surface area contributed by atoms with Gasteiger partial charge in [-0.25, -0.2) is 14.4 Å². The highest BCUT2D eigenvalue weighted by atomic mass is 31.2. The van der Waals surface area contributed by atoms with Crippen LogP contribution in [0.25, 0.3) is 0 Å². The number of carbonyl (C=O) groups excluding carboxylic acids is 3. The van der Waals surface area contributed by atoms with Gasteiger partial charge in [0.15, 0.2) is 12.2 Å². The second-order valence-electron chi connectivity index (χ2n) is 9.03. The van der Waals surface area contributed by atoms with Gasteiger partial charge in [-0.2, -0.15) is 0 Å². The van der Waals surface area contributed by atoms with Gasteiger partial charge in [-0.1, -0.05) is 54.6 Å². The third-order valence-electron chi connectivity index (χ3n) is 6.33. The Morgan fingerprint density at radius 1 is 0.756 bits per heavy atom. The summed E-state index contributed by atoms with van der Waals surface area (Å²) < 4.78 is 45.7. The first-order valence-corrected chi connectivity index (χ1v) is 14.3. The smallest absolute Gasteiger partial charge is 0.338 e. The van der Waals surface area contributed by atoms with Gasteiger partial charge in [0.25, 0.3) is 0 Å². The molecule has 1 unspecified atom stereocenters. The Morgan fingerprint density at radius 3 is 1.66 bits per heavy atom. The topological polar surface area (TPSA) is 144 Å². The van der Waals surface area contributed by atoms with Crippen LogP contribution in [0.15, 0.2) is 91.0 Å². The number of rotatable bonds is 11. The SMILES string of the molecule is COP(=O)(C[C@@]1(O)O[C@H](COC(=O)c2ccccc2)[C@H](OC(=O)c2ccccc2)C1OC(=O)c1ccccc1)OC. The van der Waals surface area contributed by atoms with Crippen LogP contribution < -0.4 is 0 Å². The highest BCUT2D eigenvalue weighted by Crippen LogP contribution is 2.52. The first kappa shape index (κ1) is 30.1. The summed E-state index contributed by atoms with van der Waals surface area (Å²) in [5.74, 6) is -4.97. The van der Waals surface area contributed by atoms with Crippen molar-refractivity contribution < 1.29 is 52.1 Å². The zero-order valence-electron chi connectivity index (χ0n) is 22.3. The fourth-order valence-corrected chi connectivity index (χ4v) is 5.44. The minimum atomic E-state index is -3.99. The van der Waals surface area contributed by atoms with E-state index in [0.29, 0.717) is 0 Å². The van der Waals surface area contributed by atoms with E-state index in [4.69, 9.17) is 28.0 Å². The number of aliphatic hydroxyl groups is 1. The van der Waals surface area contributed by atoms with Gasteiger partial charge in [-0.15, -0.1) is 0 Å². The van der Waals surface area contributed by atoms with Crippen LogP contribution in [-0.2, 0) is 32.6 Å².